The third-order valence-electron chi connectivity index (χ3n) is 2.89. The molecule has 1 aliphatic heterocycles. The van der Waals surface area contributed by atoms with Gasteiger partial charge in [0.1, 0.15) is 6.61 Å². The number of methoxy groups -OCH3 is 1. The monoisotopic (exact) mass is 313 g/mol. The van der Waals surface area contributed by atoms with Crippen LogP contribution in [0.3, 0.4) is 0 Å². The molecule has 0 aliphatic carbocycles. The molecule has 0 radical (unpaired) electrons. The van der Waals surface area contributed by atoms with E-state index >= 15 is 0 Å². The highest BCUT2D eigenvalue weighted by Gasteiger charge is 2.18. The van der Waals surface area contributed by atoms with Crippen LogP contribution in [-0.4, -0.2) is 45.8 Å². The van der Waals surface area contributed by atoms with Crippen LogP contribution in [0.4, 0.5) is 5.69 Å². The van der Waals surface area contributed by atoms with E-state index in [1.54, 1.807) is 0 Å². The van der Waals surface area contributed by atoms with Crippen LogP contribution in [-0.2, 0) is 9.47 Å². The molecule has 1 aromatic carbocycles. The van der Waals surface area contributed by atoms with Gasteiger partial charge in [0.25, 0.3) is 0 Å². The van der Waals surface area contributed by atoms with Gasteiger partial charge >= 0.3 is 0 Å². The SMILES string of the molecule is COCC(=O)c1ccc(Br)cc1N1CCOCC1. The van der Waals surface area contributed by atoms with Crippen LogP contribution in [0.15, 0.2) is 22.7 Å². The maximum absolute atomic E-state index is 12.0. The first kappa shape index (κ1) is 13.5. The quantitative estimate of drug-likeness (QED) is 0.798. The van der Waals surface area contributed by atoms with Crippen molar-refractivity contribution in [2.24, 2.45) is 0 Å². The maximum Gasteiger partial charge on any atom is 0.190 e. The van der Waals surface area contributed by atoms with Crippen LogP contribution < -0.4 is 4.90 Å². The zero-order valence-electron chi connectivity index (χ0n) is 10.3. The minimum absolute atomic E-state index is 0.00601. The summed E-state index contributed by atoms with van der Waals surface area (Å²) in [5.74, 6) is 0.00601. The van der Waals surface area contributed by atoms with Crippen molar-refractivity contribution in [3.63, 3.8) is 0 Å². The Balaban J connectivity index is 2.30. The molecule has 1 heterocycles. The number of hydrogen-bond donors (Lipinski definition) is 0. The first-order chi connectivity index (χ1) is 8.72. The predicted octanol–water partition coefficient (Wildman–Crippen LogP) is 2.11. The van der Waals surface area contributed by atoms with E-state index in [1.165, 1.54) is 7.11 Å². The number of halogens is 1. The van der Waals surface area contributed by atoms with Crippen molar-refractivity contribution in [1.82, 2.24) is 0 Å². The number of nitrogens with zero attached hydrogens (tertiary/aromatic N) is 1. The predicted molar refractivity (Wildman–Crippen MR) is 73.4 cm³/mol. The third-order valence-corrected chi connectivity index (χ3v) is 3.38. The third kappa shape index (κ3) is 3.10. The van der Waals surface area contributed by atoms with E-state index in [9.17, 15) is 4.79 Å². The Kier molecular flexibility index (Phi) is 4.74. The van der Waals surface area contributed by atoms with Crippen LogP contribution in [0, 0.1) is 0 Å². The summed E-state index contributed by atoms with van der Waals surface area (Å²) >= 11 is 3.45. The highest BCUT2D eigenvalue weighted by Crippen LogP contribution is 2.26. The molecule has 4 nitrogen and oxygen atoms in total. The number of anilines is 1. The van der Waals surface area contributed by atoms with Crippen molar-refractivity contribution in [2.75, 3.05) is 44.9 Å². The molecule has 5 heteroatoms. The number of benzene rings is 1. The Morgan fingerprint density at radius 2 is 2.17 bits per heavy atom. The molecule has 0 spiro atoms. The minimum Gasteiger partial charge on any atom is -0.378 e. The van der Waals surface area contributed by atoms with Crippen LogP contribution in [0.5, 0.6) is 0 Å². The van der Waals surface area contributed by atoms with Gasteiger partial charge in [0, 0.05) is 35.9 Å². The zero-order valence-corrected chi connectivity index (χ0v) is 11.9. The van der Waals surface area contributed by atoms with E-state index < -0.39 is 0 Å². The second kappa shape index (κ2) is 6.31. The Bertz CT molecular complexity index is 430. The number of hydrogen-bond acceptors (Lipinski definition) is 4. The number of morpholine rings is 1. The van der Waals surface area contributed by atoms with Gasteiger partial charge in [0.05, 0.1) is 13.2 Å². The first-order valence-corrected chi connectivity index (χ1v) is 6.66. The largest absolute Gasteiger partial charge is 0.378 e. The van der Waals surface area contributed by atoms with Crippen LogP contribution in [0.25, 0.3) is 0 Å². The molecule has 2 rings (SSSR count). The van der Waals surface area contributed by atoms with Gasteiger partial charge in [-0.1, -0.05) is 15.9 Å². The normalized spacial score (nSPS) is 15.8. The van der Waals surface area contributed by atoms with E-state index in [0.717, 1.165) is 23.2 Å². The standard InChI is InChI=1S/C13H16BrNO3/c1-17-9-13(16)11-3-2-10(14)8-12(11)15-4-6-18-7-5-15/h2-3,8H,4-7,9H2,1H3. The van der Waals surface area contributed by atoms with E-state index in [2.05, 4.69) is 20.8 Å². The smallest absolute Gasteiger partial charge is 0.190 e. The van der Waals surface area contributed by atoms with Gasteiger partial charge in [-0.05, 0) is 18.2 Å². The Morgan fingerprint density at radius 1 is 1.44 bits per heavy atom. The van der Waals surface area contributed by atoms with E-state index in [-0.39, 0.29) is 12.4 Å². The second-order valence-electron chi connectivity index (χ2n) is 4.12. The highest BCUT2D eigenvalue weighted by atomic mass is 79.9. The first-order valence-electron chi connectivity index (χ1n) is 5.87. The lowest BCUT2D eigenvalue weighted by Crippen LogP contribution is -2.37. The van der Waals surface area contributed by atoms with Gasteiger partial charge in [-0.15, -0.1) is 0 Å². The summed E-state index contributed by atoms with van der Waals surface area (Å²) in [4.78, 5) is 14.2. The van der Waals surface area contributed by atoms with E-state index in [0.29, 0.717) is 18.8 Å². The lowest BCUT2D eigenvalue weighted by Gasteiger charge is -2.30. The maximum atomic E-state index is 12.0. The van der Waals surface area contributed by atoms with Crippen molar-refractivity contribution in [1.29, 1.82) is 0 Å². The molecule has 98 valence electrons. The van der Waals surface area contributed by atoms with Crippen LogP contribution >= 0.6 is 15.9 Å². The lowest BCUT2D eigenvalue weighted by atomic mass is 10.1. The fraction of sp³-hybridized carbons (Fsp3) is 0.462. The van der Waals surface area contributed by atoms with Crippen molar-refractivity contribution in [2.45, 2.75) is 0 Å². The molecular formula is C13H16BrNO3. The molecule has 1 aromatic rings. The molecular weight excluding hydrogens is 298 g/mol. The molecule has 0 atom stereocenters. The van der Waals surface area contributed by atoms with Crippen molar-refractivity contribution >= 4 is 27.4 Å². The van der Waals surface area contributed by atoms with Gasteiger partial charge < -0.3 is 14.4 Å². The summed E-state index contributed by atoms with van der Waals surface area (Å²) in [5, 5.41) is 0. The molecule has 0 N–H and O–H groups in total. The summed E-state index contributed by atoms with van der Waals surface area (Å²) < 4.78 is 11.2. The van der Waals surface area contributed by atoms with Gasteiger partial charge in [-0.3, -0.25) is 4.79 Å². The number of ether oxygens (including phenoxy) is 2. The molecule has 0 aromatic heterocycles. The Hall–Kier alpha value is -0.910. The molecule has 18 heavy (non-hydrogen) atoms. The molecule has 0 bridgehead atoms. The van der Waals surface area contributed by atoms with Gasteiger partial charge in [0.2, 0.25) is 0 Å². The summed E-state index contributed by atoms with van der Waals surface area (Å²) in [6, 6.07) is 5.71. The van der Waals surface area contributed by atoms with Gasteiger partial charge in [0.15, 0.2) is 5.78 Å². The Morgan fingerprint density at radius 3 is 2.83 bits per heavy atom. The molecule has 1 aliphatic rings. The number of carbonyl (C=O) groups excluding carboxylic acids is 1. The molecule has 0 unspecified atom stereocenters. The number of rotatable bonds is 4. The molecule has 0 saturated carbocycles. The number of carbonyl (C=O) groups is 1. The summed E-state index contributed by atoms with van der Waals surface area (Å²) in [7, 11) is 1.53. The average molecular weight is 314 g/mol. The Labute approximate surface area is 115 Å². The summed E-state index contributed by atoms with van der Waals surface area (Å²) in [6.45, 7) is 3.13. The van der Waals surface area contributed by atoms with Crippen molar-refractivity contribution in [3.05, 3.63) is 28.2 Å². The summed E-state index contributed by atoms with van der Waals surface area (Å²) in [5.41, 5.74) is 1.66. The summed E-state index contributed by atoms with van der Waals surface area (Å²) in [6.07, 6.45) is 0. The number of ketones is 1. The second-order valence-corrected chi connectivity index (χ2v) is 5.03. The van der Waals surface area contributed by atoms with Crippen LogP contribution in [0.1, 0.15) is 10.4 Å². The fourth-order valence-corrected chi connectivity index (χ4v) is 2.36. The highest BCUT2D eigenvalue weighted by molar-refractivity contribution is 9.10. The van der Waals surface area contributed by atoms with Crippen LogP contribution in [0.2, 0.25) is 0 Å². The fourth-order valence-electron chi connectivity index (χ4n) is 2.02. The molecule has 1 fully saturated rings. The lowest BCUT2D eigenvalue weighted by molar-refractivity contribution is 0.0847. The zero-order chi connectivity index (χ0) is 13.0. The average Bonchev–Trinajstić information content (AvgIpc) is 2.40. The number of Topliss-reactive ketones (excluding diaryl/α,β-unsaturated/α-hetero) is 1. The van der Waals surface area contributed by atoms with E-state index in [4.69, 9.17) is 9.47 Å². The molecule has 0 amide bonds. The minimum atomic E-state index is 0.00601. The van der Waals surface area contributed by atoms with Gasteiger partial charge in [-0.2, -0.15) is 0 Å². The van der Waals surface area contributed by atoms with Crippen molar-refractivity contribution in [3.8, 4) is 0 Å². The topological polar surface area (TPSA) is 38.8 Å². The van der Waals surface area contributed by atoms with Crippen molar-refractivity contribution < 1.29 is 14.3 Å². The van der Waals surface area contributed by atoms with Gasteiger partial charge in [-0.25, -0.2) is 0 Å². The van der Waals surface area contributed by atoms with E-state index in [1.807, 2.05) is 18.2 Å². The molecule has 1 saturated heterocycles.